The molecule has 7 heteroatoms. The number of carbonyl (C=O) groups excluding carboxylic acids is 2. The number of aryl methyl sites for hydroxylation is 1. The predicted molar refractivity (Wildman–Crippen MR) is 77.4 cm³/mol. The molecule has 0 radical (unpaired) electrons. The Morgan fingerprint density at radius 1 is 1.14 bits per heavy atom. The fourth-order valence-electron chi connectivity index (χ4n) is 1.61. The summed E-state index contributed by atoms with van der Waals surface area (Å²) in [5, 5.41) is 9.50. The van der Waals surface area contributed by atoms with Crippen molar-refractivity contribution in [2.24, 2.45) is 0 Å². The summed E-state index contributed by atoms with van der Waals surface area (Å²) in [4.78, 5) is 23.4. The molecule has 0 fully saturated rings. The second kappa shape index (κ2) is 6.90. The minimum absolute atomic E-state index is 0.150. The van der Waals surface area contributed by atoms with Gasteiger partial charge in [0.25, 0.3) is 11.8 Å². The molecule has 1 aromatic heterocycles. The molecule has 110 valence electrons. The van der Waals surface area contributed by atoms with E-state index < -0.39 is 0 Å². The van der Waals surface area contributed by atoms with Crippen LogP contribution < -0.4 is 10.6 Å². The monoisotopic (exact) mass is 307 g/mol. The number of halogens is 1. The normalized spacial score (nSPS) is 10.2. The number of aromatic nitrogens is 1. The molecule has 21 heavy (non-hydrogen) atoms. The highest BCUT2D eigenvalue weighted by Gasteiger charge is 2.10. The fourth-order valence-corrected chi connectivity index (χ4v) is 1.74. The molecule has 6 nitrogen and oxygen atoms in total. The molecule has 0 saturated carbocycles. The molecular weight excluding hydrogens is 294 g/mol. The summed E-state index contributed by atoms with van der Waals surface area (Å²) in [7, 11) is 0. The van der Waals surface area contributed by atoms with E-state index in [1.807, 2.05) is 0 Å². The topological polar surface area (TPSA) is 84.2 Å². The Morgan fingerprint density at radius 3 is 2.33 bits per heavy atom. The van der Waals surface area contributed by atoms with Crippen LogP contribution in [0, 0.1) is 6.92 Å². The molecule has 0 unspecified atom stereocenters. The van der Waals surface area contributed by atoms with Crippen LogP contribution in [-0.2, 0) is 0 Å². The molecule has 0 bridgehead atoms. The van der Waals surface area contributed by atoms with Gasteiger partial charge in [-0.2, -0.15) is 0 Å². The smallest absolute Gasteiger partial charge is 0.289 e. The predicted octanol–water partition coefficient (Wildman–Crippen LogP) is 1.80. The van der Waals surface area contributed by atoms with Crippen LogP contribution in [0.15, 0.2) is 34.9 Å². The lowest BCUT2D eigenvalue weighted by atomic mass is 10.2. The Labute approximate surface area is 126 Å². The molecule has 0 aliphatic rings. The molecule has 2 N–H and O–H groups in total. The highest BCUT2D eigenvalue weighted by atomic mass is 35.5. The van der Waals surface area contributed by atoms with Gasteiger partial charge in [-0.05, 0) is 31.2 Å². The summed E-state index contributed by atoms with van der Waals surface area (Å²) in [6.45, 7) is 2.32. The third kappa shape index (κ3) is 4.32. The lowest BCUT2D eigenvalue weighted by Gasteiger charge is -2.06. The van der Waals surface area contributed by atoms with E-state index in [9.17, 15) is 9.59 Å². The van der Waals surface area contributed by atoms with E-state index in [1.54, 1.807) is 37.3 Å². The number of amides is 2. The van der Waals surface area contributed by atoms with Crippen LogP contribution in [-0.4, -0.2) is 30.1 Å². The average Bonchev–Trinajstić information content (AvgIpc) is 2.90. The van der Waals surface area contributed by atoms with Crippen LogP contribution in [0.4, 0.5) is 0 Å². The largest absolute Gasteiger partial charge is 0.351 e. The molecule has 1 aromatic carbocycles. The van der Waals surface area contributed by atoms with E-state index in [-0.39, 0.29) is 24.1 Å². The minimum Gasteiger partial charge on any atom is -0.351 e. The number of carbonyl (C=O) groups is 2. The van der Waals surface area contributed by atoms with Crippen molar-refractivity contribution >= 4 is 23.4 Å². The molecular formula is C14H14ClN3O3. The molecule has 0 atom stereocenters. The summed E-state index contributed by atoms with van der Waals surface area (Å²) in [6.07, 6.45) is 0. The molecule has 0 saturated heterocycles. The van der Waals surface area contributed by atoms with E-state index in [0.29, 0.717) is 22.8 Å². The van der Waals surface area contributed by atoms with Crippen molar-refractivity contribution < 1.29 is 14.1 Å². The first-order valence-corrected chi connectivity index (χ1v) is 6.69. The van der Waals surface area contributed by atoms with Gasteiger partial charge in [0.1, 0.15) is 0 Å². The van der Waals surface area contributed by atoms with E-state index in [2.05, 4.69) is 15.8 Å². The number of hydrogen-bond donors (Lipinski definition) is 2. The number of nitrogens with one attached hydrogen (secondary N) is 2. The van der Waals surface area contributed by atoms with Gasteiger partial charge in [-0.25, -0.2) is 0 Å². The number of nitrogens with zero attached hydrogens (tertiary/aromatic N) is 1. The van der Waals surface area contributed by atoms with Crippen LogP contribution >= 0.6 is 11.6 Å². The zero-order valence-corrected chi connectivity index (χ0v) is 12.1. The number of benzene rings is 1. The molecule has 2 rings (SSSR count). The minimum atomic E-state index is -0.364. The summed E-state index contributed by atoms with van der Waals surface area (Å²) >= 11 is 5.74. The van der Waals surface area contributed by atoms with Gasteiger partial charge < -0.3 is 15.2 Å². The third-order valence-electron chi connectivity index (χ3n) is 2.65. The highest BCUT2D eigenvalue weighted by Crippen LogP contribution is 2.09. The van der Waals surface area contributed by atoms with Crippen LogP contribution in [0.1, 0.15) is 26.6 Å². The maximum Gasteiger partial charge on any atom is 0.289 e. The first-order valence-electron chi connectivity index (χ1n) is 6.31. The second-order valence-corrected chi connectivity index (χ2v) is 4.79. The lowest BCUT2D eigenvalue weighted by molar-refractivity contribution is 0.0903. The molecule has 0 spiro atoms. The Bertz CT molecular complexity index is 637. The van der Waals surface area contributed by atoms with Gasteiger partial charge in [-0.3, -0.25) is 9.59 Å². The van der Waals surface area contributed by atoms with E-state index in [4.69, 9.17) is 16.1 Å². The van der Waals surface area contributed by atoms with Crippen LogP contribution in [0.2, 0.25) is 5.02 Å². The van der Waals surface area contributed by atoms with Gasteiger partial charge in [0.15, 0.2) is 0 Å². The summed E-state index contributed by atoms with van der Waals surface area (Å²) in [6, 6.07) is 8.09. The van der Waals surface area contributed by atoms with Crippen molar-refractivity contribution in [2.75, 3.05) is 13.1 Å². The number of hydrogen-bond acceptors (Lipinski definition) is 4. The first-order chi connectivity index (χ1) is 10.1. The fraction of sp³-hybridized carbons (Fsp3) is 0.214. The Hall–Kier alpha value is -2.34. The molecule has 0 aliphatic carbocycles. The molecule has 1 heterocycles. The lowest BCUT2D eigenvalue weighted by Crippen LogP contribution is -2.34. The third-order valence-corrected chi connectivity index (χ3v) is 2.91. The molecule has 2 aromatic rings. The Morgan fingerprint density at radius 2 is 1.76 bits per heavy atom. The summed E-state index contributed by atoms with van der Waals surface area (Å²) < 4.78 is 4.82. The van der Waals surface area contributed by atoms with Gasteiger partial charge in [0.05, 0.1) is 5.69 Å². The maximum atomic E-state index is 11.8. The van der Waals surface area contributed by atoms with E-state index >= 15 is 0 Å². The van der Waals surface area contributed by atoms with Crippen LogP contribution in [0.5, 0.6) is 0 Å². The molecule has 2 amide bonds. The summed E-state index contributed by atoms with van der Waals surface area (Å²) in [5.41, 5.74) is 1.15. The quantitative estimate of drug-likeness (QED) is 0.825. The van der Waals surface area contributed by atoms with Crippen molar-refractivity contribution in [1.82, 2.24) is 15.8 Å². The van der Waals surface area contributed by atoms with Gasteiger partial charge in [0.2, 0.25) is 5.76 Å². The second-order valence-electron chi connectivity index (χ2n) is 4.35. The van der Waals surface area contributed by atoms with Crippen molar-refractivity contribution in [3.05, 3.63) is 52.4 Å². The van der Waals surface area contributed by atoms with Crippen molar-refractivity contribution in [3.8, 4) is 0 Å². The van der Waals surface area contributed by atoms with Gasteiger partial charge >= 0.3 is 0 Å². The zero-order valence-electron chi connectivity index (χ0n) is 11.4. The molecule has 0 aliphatic heterocycles. The highest BCUT2D eigenvalue weighted by molar-refractivity contribution is 6.30. The van der Waals surface area contributed by atoms with Gasteiger partial charge in [0, 0.05) is 29.7 Å². The van der Waals surface area contributed by atoms with Crippen LogP contribution in [0.3, 0.4) is 0 Å². The first kappa shape index (κ1) is 15.1. The van der Waals surface area contributed by atoms with Crippen molar-refractivity contribution in [2.45, 2.75) is 6.92 Å². The average molecular weight is 308 g/mol. The standard InChI is InChI=1S/C14H14ClN3O3/c1-9-8-12(21-18-9)14(20)17-7-6-16-13(19)10-2-4-11(15)5-3-10/h2-5,8H,6-7H2,1H3,(H,16,19)(H,17,20). The van der Waals surface area contributed by atoms with E-state index in [1.165, 1.54) is 0 Å². The number of rotatable bonds is 5. The SMILES string of the molecule is Cc1cc(C(=O)NCCNC(=O)c2ccc(Cl)cc2)on1. The van der Waals surface area contributed by atoms with Gasteiger partial charge in [-0.15, -0.1) is 0 Å². The Kier molecular flexibility index (Phi) is 4.94. The van der Waals surface area contributed by atoms with E-state index in [0.717, 1.165) is 0 Å². The Balaban J connectivity index is 1.73. The van der Waals surface area contributed by atoms with Crippen LogP contribution in [0.25, 0.3) is 0 Å². The van der Waals surface area contributed by atoms with Crippen molar-refractivity contribution in [1.29, 1.82) is 0 Å². The maximum absolute atomic E-state index is 11.8. The van der Waals surface area contributed by atoms with Crippen molar-refractivity contribution in [3.63, 3.8) is 0 Å². The summed E-state index contributed by atoms with van der Waals surface area (Å²) in [5.74, 6) is -0.440. The zero-order chi connectivity index (χ0) is 15.2. The van der Waals surface area contributed by atoms with Gasteiger partial charge in [-0.1, -0.05) is 16.8 Å².